The number of carboxylic acids is 1. The molecule has 1 aromatic heterocycles. The monoisotopic (exact) mass is 286 g/mol. The highest BCUT2D eigenvalue weighted by Gasteiger charge is 2.45. The van der Waals surface area contributed by atoms with E-state index in [9.17, 15) is 9.90 Å². The molecule has 3 rings (SSSR count). The van der Waals surface area contributed by atoms with Gasteiger partial charge in [0.1, 0.15) is 0 Å². The first kappa shape index (κ1) is 13.4. The fourth-order valence-electron chi connectivity index (χ4n) is 3.17. The summed E-state index contributed by atoms with van der Waals surface area (Å²) in [5, 5.41) is 9.84. The number of hydrogen-bond acceptors (Lipinski definition) is 2. The minimum atomic E-state index is -0.730. The quantitative estimate of drug-likeness (QED) is 0.927. The third kappa shape index (κ3) is 2.06. The highest BCUT2D eigenvalue weighted by atomic mass is 32.1. The van der Waals surface area contributed by atoms with Crippen LogP contribution in [0.2, 0.25) is 0 Å². The molecule has 2 nitrogen and oxygen atoms in total. The van der Waals surface area contributed by atoms with Gasteiger partial charge < -0.3 is 5.11 Å². The van der Waals surface area contributed by atoms with Gasteiger partial charge in [-0.15, -0.1) is 11.3 Å². The molecule has 0 saturated carbocycles. The van der Waals surface area contributed by atoms with E-state index in [1.54, 1.807) is 11.3 Å². The Morgan fingerprint density at radius 3 is 2.70 bits per heavy atom. The van der Waals surface area contributed by atoms with Crippen LogP contribution in [0.1, 0.15) is 34.2 Å². The number of carboxylic acid groups (broad SMARTS) is 1. The Balaban J connectivity index is 2.00. The number of aliphatic carboxylic acids is 1. The smallest absolute Gasteiger partial charge is 0.314 e. The van der Waals surface area contributed by atoms with Crippen molar-refractivity contribution < 1.29 is 9.90 Å². The molecule has 1 aliphatic rings. The van der Waals surface area contributed by atoms with Gasteiger partial charge in [0.25, 0.3) is 0 Å². The summed E-state index contributed by atoms with van der Waals surface area (Å²) in [5.41, 5.74) is 1.48. The molecule has 0 saturated heterocycles. The zero-order valence-corrected chi connectivity index (χ0v) is 12.4. The predicted octanol–water partition coefficient (Wildman–Crippen LogP) is 3.82. The second kappa shape index (κ2) is 5.06. The van der Waals surface area contributed by atoms with Crippen molar-refractivity contribution in [2.75, 3.05) is 0 Å². The first-order valence-corrected chi connectivity index (χ1v) is 7.87. The molecule has 0 radical (unpaired) electrons. The standard InChI is InChI=1S/C17H18O2S/c1-2-13-7-8-14(20-13)11-17(16(18)19)10-9-12-5-3-4-6-15(12)17/h3-8H,2,9-11H2,1H3,(H,18,19). The van der Waals surface area contributed by atoms with Crippen molar-refractivity contribution in [3.8, 4) is 0 Å². The Labute approximate surface area is 123 Å². The number of thiophene rings is 1. The molecule has 20 heavy (non-hydrogen) atoms. The highest BCUT2D eigenvalue weighted by Crippen LogP contribution is 2.42. The van der Waals surface area contributed by atoms with E-state index >= 15 is 0 Å². The Kier molecular flexibility index (Phi) is 3.38. The average Bonchev–Trinajstić information content (AvgIpc) is 3.05. The van der Waals surface area contributed by atoms with Crippen molar-refractivity contribution in [3.05, 3.63) is 57.3 Å². The highest BCUT2D eigenvalue weighted by molar-refractivity contribution is 7.12. The fraction of sp³-hybridized carbons (Fsp3) is 0.353. The average molecular weight is 286 g/mol. The van der Waals surface area contributed by atoms with Gasteiger partial charge in [0.05, 0.1) is 5.41 Å². The molecule has 1 aromatic carbocycles. The van der Waals surface area contributed by atoms with Crippen LogP contribution in [0.5, 0.6) is 0 Å². The lowest BCUT2D eigenvalue weighted by molar-refractivity contribution is -0.143. The number of rotatable bonds is 4. The minimum absolute atomic E-state index is 0.615. The maximum Gasteiger partial charge on any atom is 0.314 e. The molecule has 104 valence electrons. The molecule has 0 fully saturated rings. The molecule has 0 amide bonds. The summed E-state index contributed by atoms with van der Waals surface area (Å²) in [6, 6.07) is 12.2. The first-order chi connectivity index (χ1) is 9.65. The Morgan fingerprint density at radius 2 is 2.00 bits per heavy atom. The van der Waals surface area contributed by atoms with Gasteiger partial charge >= 0.3 is 5.97 Å². The summed E-state index contributed by atoms with van der Waals surface area (Å²) >= 11 is 1.75. The third-order valence-corrected chi connectivity index (χ3v) is 5.53. The van der Waals surface area contributed by atoms with Crippen LogP contribution in [-0.4, -0.2) is 11.1 Å². The summed E-state index contributed by atoms with van der Waals surface area (Å²) < 4.78 is 0. The molecule has 1 heterocycles. The second-order valence-electron chi connectivity index (χ2n) is 5.44. The molecular formula is C17H18O2S. The van der Waals surface area contributed by atoms with E-state index in [4.69, 9.17) is 0 Å². The molecule has 0 spiro atoms. The summed E-state index contributed by atoms with van der Waals surface area (Å²) in [6.07, 6.45) is 3.21. The molecule has 2 aromatic rings. The summed E-state index contributed by atoms with van der Waals surface area (Å²) in [7, 11) is 0. The number of benzene rings is 1. The normalized spacial score (nSPS) is 20.9. The number of hydrogen-bond donors (Lipinski definition) is 1. The summed E-state index contributed by atoms with van der Waals surface area (Å²) in [6.45, 7) is 2.13. The lowest BCUT2D eigenvalue weighted by atomic mass is 9.78. The van der Waals surface area contributed by atoms with Crippen LogP contribution in [-0.2, 0) is 29.5 Å². The van der Waals surface area contributed by atoms with Gasteiger partial charge in [-0.2, -0.15) is 0 Å². The molecule has 1 atom stereocenters. The molecule has 0 bridgehead atoms. The van der Waals surface area contributed by atoms with E-state index < -0.39 is 11.4 Å². The van der Waals surface area contributed by atoms with E-state index in [2.05, 4.69) is 25.1 Å². The van der Waals surface area contributed by atoms with Crippen LogP contribution in [0.15, 0.2) is 36.4 Å². The van der Waals surface area contributed by atoms with E-state index in [1.807, 2.05) is 18.2 Å². The van der Waals surface area contributed by atoms with Crippen LogP contribution < -0.4 is 0 Å². The van der Waals surface area contributed by atoms with Crippen molar-refractivity contribution in [2.24, 2.45) is 0 Å². The van der Waals surface area contributed by atoms with Crippen LogP contribution in [0.4, 0.5) is 0 Å². The van der Waals surface area contributed by atoms with Crippen LogP contribution in [0.3, 0.4) is 0 Å². The van der Waals surface area contributed by atoms with Gasteiger partial charge in [0.2, 0.25) is 0 Å². The van der Waals surface area contributed by atoms with Gasteiger partial charge in [-0.3, -0.25) is 4.79 Å². The van der Waals surface area contributed by atoms with Gasteiger partial charge in [0, 0.05) is 16.2 Å². The van der Waals surface area contributed by atoms with E-state index in [0.717, 1.165) is 18.4 Å². The Bertz CT molecular complexity index is 644. The Hall–Kier alpha value is -1.61. The topological polar surface area (TPSA) is 37.3 Å². The van der Waals surface area contributed by atoms with Crippen molar-refractivity contribution >= 4 is 17.3 Å². The van der Waals surface area contributed by atoms with Gasteiger partial charge in [0.15, 0.2) is 0 Å². The Morgan fingerprint density at radius 1 is 1.25 bits per heavy atom. The van der Waals surface area contributed by atoms with Crippen LogP contribution >= 0.6 is 11.3 Å². The first-order valence-electron chi connectivity index (χ1n) is 7.05. The van der Waals surface area contributed by atoms with Crippen molar-refractivity contribution in [1.29, 1.82) is 0 Å². The molecule has 0 aliphatic heterocycles. The molecular weight excluding hydrogens is 268 g/mol. The third-order valence-electron chi connectivity index (χ3n) is 4.31. The summed E-state index contributed by atoms with van der Waals surface area (Å²) in [4.78, 5) is 14.5. The zero-order chi connectivity index (χ0) is 14.2. The summed E-state index contributed by atoms with van der Waals surface area (Å²) in [5.74, 6) is -0.686. The van der Waals surface area contributed by atoms with Crippen molar-refractivity contribution in [1.82, 2.24) is 0 Å². The van der Waals surface area contributed by atoms with Gasteiger partial charge in [-0.1, -0.05) is 31.2 Å². The molecule has 1 N–H and O–H groups in total. The molecule has 3 heteroatoms. The second-order valence-corrected chi connectivity index (χ2v) is 6.70. The molecule has 1 aliphatic carbocycles. The van der Waals surface area contributed by atoms with E-state index in [-0.39, 0.29) is 0 Å². The van der Waals surface area contributed by atoms with Gasteiger partial charge in [-0.05, 0) is 42.5 Å². The largest absolute Gasteiger partial charge is 0.481 e. The maximum absolute atomic E-state index is 12.0. The number of aryl methyl sites for hydroxylation is 2. The lowest BCUT2D eigenvalue weighted by Gasteiger charge is -2.25. The predicted molar refractivity (Wildman–Crippen MR) is 81.5 cm³/mol. The zero-order valence-electron chi connectivity index (χ0n) is 11.6. The van der Waals surface area contributed by atoms with Gasteiger partial charge in [-0.25, -0.2) is 0 Å². The maximum atomic E-state index is 12.0. The number of carbonyl (C=O) groups is 1. The van der Waals surface area contributed by atoms with E-state index in [1.165, 1.54) is 15.3 Å². The number of fused-ring (bicyclic) bond motifs is 1. The lowest BCUT2D eigenvalue weighted by Crippen LogP contribution is -2.35. The minimum Gasteiger partial charge on any atom is -0.481 e. The van der Waals surface area contributed by atoms with Crippen molar-refractivity contribution in [3.63, 3.8) is 0 Å². The SMILES string of the molecule is CCc1ccc(CC2(C(=O)O)CCc3ccccc32)s1. The van der Waals surface area contributed by atoms with Crippen LogP contribution in [0, 0.1) is 0 Å². The van der Waals surface area contributed by atoms with Crippen molar-refractivity contribution in [2.45, 2.75) is 38.0 Å². The van der Waals surface area contributed by atoms with Crippen LogP contribution in [0.25, 0.3) is 0 Å². The fourth-order valence-corrected chi connectivity index (χ4v) is 4.25. The molecule has 1 unspecified atom stereocenters. The van der Waals surface area contributed by atoms with E-state index in [0.29, 0.717) is 12.8 Å².